The minimum absolute atomic E-state index is 0.379. The number of fused-ring (bicyclic) bond motifs is 1. The zero-order valence-electron chi connectivity index (χ0n) is 12.0. The highest BCUT2D eigenvalue weighted by atomic mass is 32.2. The molecule has 0 fully saturated rings. The Morgan fingerprint density at radius 3 is 2.68 bits per heavy atom. The van der Waals surface area contributed by atoms with Crippen LogP contribution in [0.3, 0.4) is 0 Å². The van der Waals surface area contributed by atoms with E-state index in [4.69, 9.17) is 0 Å². The Balaban J connectivity index is 2.13. The number of sulfonamides is 1. The second kappa shape index (κ2) is 5.22. The van der Waals surface area contributed by atoms with E-state index in [1.54, 1.807) is 0 Å². The van der Waals surface area contributed by atoms with Gasteiger partial charge in [-0.25, -0.2) is 13.4 Å². The van der Waals surface area contributed by atoms with Gasteiger partial charge in [0.25, 0.3) is 0 Å². The number of hydrogen-bond donors (Lipinski definition) is 0. The van der Waals surface area contributed by atoms with Crippen LogP contribution >= 0.6 is 0 Å². The van der Waals surface area contributed by atoms with Crippen molar-refractivity contribution in [2.45, 2.75) is 39.5 Å². The summed E-state index contributed by atoms with van der Waals surface area (Å²) in [6.07, 6.45) is 3.28. The fourth-order valence-electron chi connectivity index (χ4n) is 2.09. The molecule has 0 saturated heterocycles. The summed E-state index contributed by atoms with van der Waals surface area (Å²) >= 11 is 0. The Morgan fingerprint density at radius 2 is 2.11 bits per heavy atom. The van der Waals surface area contributed by atoms with Crippen LogP contribution in [0.4, 0.5) is 0 Å². The summed E-state index contributed by atoms with van der Waals surface area (Å²) in [6, 6.07) is 0.464. The van der Waals surface area contributed by atoms with Gasteiger partial charge in [0, 0.05) is 31.9 Å². The largest absolute Gasteiger partial charge is 0.332 e. The van der Waals surface area contributed by atoms with Crippen molar-refractivity contribution >= 4 is 10.0 Å². The molecule has 1 aromatic heterocycles. The van der Waals surface area contributed by atoms with Crippen molar-refractivity contribution in [1.29, 1.82) is 0 Å². The van der Waals surface area contributed by atoms with Gasteiger partial charge in [-0.3, -0.25) is 4.90 Å². The molecule has 0 aliphatic carbocycles. The van der Waals surface area contributed by atoms with Gasteiger partial charge in [0.15, 0.2) is 0 Å². The summed E-state index contributed by atoms with van der Waals surface area (Å²) in [4.78, 5) is 6.76. The molecule has 0 aromatic carbocycles. The van der Waals surface area contributed by atoms with Gasteiger partial charge in [-0.05, 0) is 20.9 Å². The van der Waals surface area contributed by atoms with Crippen molar-refractivity contribution in [3.05, 3.63) is 17.7 Å². The molecule has 0 unspecified atom stereocenters. The van der Waals surface area contributed by atoms with Crippen LogP contribution in [0.2, 0.25) is 0 Å². The van der Waals surface area contributed by atoms with Gasteiger partial charge in [0.1, 0.15) is 5.82 Å². The van der Waals surface area contributed by atoms with Crippen LogP contribution in [0.1, 0.15) is 25.4 Å². The Hall–Kier alpha value is -0.920. The molecule has 0 atom stereocenters. The molecule has 0 amide bonds. The highest BCUT2D eigenvalue weighted by Gasteiger charge is 2.24. The van der Waals surface area contributed by atoms with E-state index >= 15 is 0 Å². The van der Waals surface area contributed by atoms with Gasteiger partial charge in [-0.2, -0.15) is 4.31 Å². The number of aromatic nitrogens is 2. The van der Waals surface area contributed by atoms with Gasteiger partial charge < -0.3 is 4.57 Å². The average molecular weight is 286 g/mol. The minimum atomic E-state index is -3.13. The van der Waals surface area contributed by atoms with Crippen molar-refractivity contribution in [1.82, 2.24) is 18.8 Å². The van der Waals surface area contributed by atoms with Crippen molar-refractivity contribution in [3.63, 3.8) is 0 Å². The van der Waals surface area contributed by atoms with Gasteiger partial charge in [0.05, 0.1) is 18.5 Å². The van der Waals surface area contributed by atoms with Crippen LogP contribution in [-0.2, 0) is 29.7 Å². The van der Waals surface area contributed by atoms with Gasteiger partial charge in [-0.1, -0.05) is 0 Å². The van der Waals surface area contributed by atoms with Crippen LogP contribution in [0, 0.1) is 0 Å². The lowest BCUT2D eigenvalue weighted by Crippen LogP contribution is -2.37. The molecule has 6 nitrogen and oxygen atoms in total. The smallest absolute Gasteiger partial charge is 0.211 e. The lowest BCUT2D eigenvalue weighted by atomic mass is 10.3. The van der Waals surface area contributed by atoms with E-state index in [2.05, 4.69) is 35.3 Å². The standard InChI is InChI=1S/C12H22N4O2S/c1-10(2)14(3)7-11-8-15-5-6-16(19(4,17)18)9-12(15)13-11/h8,10H,5-7,9H2,1-4H3. The summed E-state index contributed by atoms with van der Waals surface area (Å²) in [5, 5.41) is 0. The average Bonchev–Trinajstić information content (AvgIpc) is 2.68. The van der Waals surface area contributed by atoms with Crippen LogP contribution in [0.15, 0.2) is 6.20 Å². The SMILES string of the molecule is CC(C)N(C)Cc1cn2c(n1)CN(S(C)(=O)=O)CC2. The maximum Gasteiger partial charge on any atom is 0.211 e. The van der Waals surface area contributed by atoms with Gasteiger partial charge in [0.2, 0.25) is 10.0 Å². The van der Waals surface area contributed by atoms with Gasteiger partial charge in [-0.15, -0.1) is 0 Å². The first kappa shape index (κ1) is 14.5. The molecule has 0 saturated carbocycles. The Bertz CT molecular complexity index is 550. The van der Waals surface area contributed by atoms with Crippen molar-refractivity contribution < 1.29 is 8.42 Å². The first-order chi connectivity index (χ1) is 8.77. The monoisotopic (exact) mass is 286 g/mol. The van der Waals surface area contributed by atoms with Gasteiger partial charge >= 0.3 is 0 Å². The van der Waals surface area contributed by atoms with Crippen LogP contribution < -0.4 is 0 Å². The molecule has 7 heteroatoms. The normalized spacial score (nSPS) is 17.2. The van der Waals surface area contributed by atoms with Crippen molar-refractivity contribution in [3.8, 4) is 0 Å². The maximum atomic E-state index is 11.6. The highest BCUT2D eigenvalue weighted by Crippen LogP contribution is 2.16. The van der Waals surface area contributed by atoms with E-state index < -0.39 is 10.0 Å². The molecule has 1 aromatic rings. The highest BCUT2D eigenvalue weighted by molar-refractivity contribution is 7.88. The third kappa shape index (κ3) is 3.34. The first-order valence-corrected chi connectivity index (χ1v) is 8.32. The summed E-state index contributed by atoms with van der Waals surface area (Å²) in [5.74, 6) is 0.837. The molecule has 0 bridgehead atoms. The number of hydrogen-bond acceptors (Lipinski definition) is 4. The third-order valence-electron chi connectivity index (χ3n) is 3.58. The third-order valence-corrected chi connectivity index (χ3v) is 4.83. The molecule has 2 heterocycles. The molecule has 108 valence electrons. The summed E-state index contributed by atoms with van der Waals surface area (Å²) < 4.78 is 26.6. The van der Waals surface area contributed by atoms with E-state index in [1.165, 1.54) is 10.6 Å². The van der Waals surface area contributed by atoms with E-state index in [9.17, 15) is 8.42 Å². The van der Waals surface area contributed by atoms with Crippen LogP contribution in [-0.4, -0.2) is 53.1 Å². The molecule has 0 N–H and O–H groups in total. The fourth-order valence-corrected chi connectivity index (χ4v) is 2.85. The molecule has 1 aliphatic heterocycles. The Morgan fingerprint density at radius 1 is 1.42 bits per heavy atom. The quantitative estimate of drug-likeness (QED) is 0.809. The molecule has 1 aliphatic rings. The summed E-state index contributed by atoms with van der Waals surface area (Å²) in [6.45, 7) is 6.66. The molecule has 0 spiro atoms. The zero-order valence-corrected chi connectivity index (χ0v) is 12.8. The van der Waals surface area contributed by atoms with Crippen LogP contribution in [0.5, 0.6) is 0 Å². The second-order valence-electron chi connectivity index (χ2n) is 5.45. The minimum Gasteiger partial charge on any atom is -0.332 e. The lowest BCUT2D eigenvalue weighted by molar-refractivity contribution is 0.263. The van der Waals surface area contributed by atoms with Crippen LogP contribution in [0.25, 0.3) is 0 Å². The molecular formula is C12H22N4O2S. The summed E-state index contributed by atoms with van der Waals surface area (Å²) in [7, 11) is -1.06. The zero-order chi connectivity index (χ0) is 14.2. The number of rotatable bonds is 4. The van der Waals surface area contributed by atoms with E-state index in [-0.39, 0.29) is 0 Å². The topological polar surface area (TPSA) is 58.4 Å². The molecule has 0 radical (unpaired) electrons. The Kier molecular flexibility index (Phi) is 3.98. The van der Waals surface area contributed by atoms with E-state index in [0.29, 0.717) is 25.7 Å². The number of imidazole rings is 1. The number of nitrogens with zero attached hydrogens (tertiary/aromatic N) is 4. The van der Waals surface area contributed by atoms with Crippen molar-refractivity contribution in [2.75, 3.05) is 19.8 Å². The predicted molar refractivity (Wildman–Crippen MR) is 74.1 cm³/mol. The molecular weight excluding hydrogens is 264 g/mol. The second-order valence-corrected chi connectivity index (χ2v) is 7.43. The van der Waals surface area contributed by atoms with E-state index in [0.717, 1.165) is 18.1 Å². The maximum absolute atomic E-state index is 11.6. The lowest BCUT2D eigenvalue weighted by Gasteiger charge is -2.25. The predicted octanol–water partition coefficient (Wildman–Crippen LogP) is 0.498. The first-order valence-electron chi connectivity index (χ1n) is 6.47. The fraction of sp³-hybridized carbons (Fsp3) is 0.750. The summed E-state index contributed by atoms with van der Waals surface area (Å²) in [5.41, 5.74) is 1.00. The van der Waals surface area contributed by atoms with Crippen molar-refractivity contribution in [2.24, 2.45) is 0 Å². The Labute approximate surface area is 115 Å². The molecule has 2 rings (SSSR count). The van der Waals surface area contributed by atoms with E-state index in [1.807, 2.05) is 6.20 Å². The molecule has 19 heavy (non-hydrogen) atoms.